The van der Waals surface area contributed by atoms with Gasteiger partial charge in [-0.05, 0) is 29.2 Å². The summed E-state index contributed by atoms with van der Waals surface area (Å²) >= 11 is 0. The van der Waals surface area contributed by atoms with Crippen molar-refractivity contribution in [2.45, 2.75) is 25.9 Å². The van der Waals surface area contributed by atoms with Crippen LogP contribution in [0.3, 0.4) is 0 Å². The van der Waals surface area contributed by atoms with Crippen LogP contribution in [0.25, 0.3) is 11.1 Å². The highest BCUT2D eigenvalue weighted by Crippen LogP contribution is 2.39. The Morgan fingerprint density at radius 2 is 1.62 bits per heavy atom. The van der Waals surface area contributed by atoms with Gasteiger partial charge in [-0.2, -0.15) is 18.4 Å². The highest BCUT2D eigenvalue weighted by Gasteiger charge is 2.34. The Morgan fingerprint density at radius 1 is 1.00 bits per heavy atom. The lowest BCUT2D eigenvalue weighted by Gasteiger charge is -2.15. The molecule has 0 N–H and O–H groups in total. The average molecular weight is 289 g/mol. The molecule has 0 radical (unpaired) electrons. The van der Waals surface area contributed by atoms with E-state index < -0.39 is 11.7 Å². The van der Waals surface area contributed by atoms with E-state index in [0.29, 0.717) is 11.5 Å². The Kier molecular flexibility index (Phi) is 4.04. The predicted molar refractivity (Wildman–Crippen MR) is 75.7 cm³/mol. The molecule has 0 unspecified atom stereocenters. The molecule has 0 fully saturated rings. The van der Waals surface area contributed by atoms with Crippen LogP contribution in [-0.2, 0) is 6.18 Å². The normalized spacial score (nSPS) is 11.5. The molecule has 0 aliphatic rings. The fraction of sp³-hybridized carbons (Fsp3) is 0.235. The largest absolute Gasteiger partial charge is 0.417 e. The van der Waals surface area contributed by atoms with Crippen molar-refractivity contribution in [3.8, 4) is 17.2 Å². The van der Waals surface area contributed by atoms with Gasteiger partial charge in [0.1, 0.15) is 0 Å². The van der Waals surface area contributed by atoms with Crippen molar-refractivity contribution < 1.29 is 13.2 Å². The summed E-state index contributed by atoms with van der Waals surface area (Å²) in [6.45, 7) is 4.03. The number of hydrogen-bond acceptors (Lipinski definition) is 1. The van der Waals surface area contributed by atoms with Gasteiger partial charge in [-0.1, -0.05) is 44.2 Å². The molecule has 4 heteroatoms. The maximum Gasteiger partial charge on any atom is 0.417 e. The van der Waals surface area contributed by atoms with Crippen molar-refractivity contribution in [1.29, 1.82) is 5.26 Å². The fourth-order valence-corrected chi connectivity index (χ4v) is 2.23. The fourth-order valence-electron chi connectivity index (χ4n) is 2.23. The molecular formula is C17H14F3N. The molecule has 0 spiro atoms. The van der Waals surface area contributed by atoms with Crippen LogP contribution in [0.1, 0.15) is 36.5 Å². The predicted octanol–water partition coefficient (Wildman–Crippen LogP) is 5.37. The van der Waals surface area contributed by atoms with E-state index in [1.54, 1.807) is 24.3 Å². The lowest BCUT2D eigenvalue weighted by molar-refractivity contribution is -0.137. The van der Waals surface area contributed by atoms with Crippen molar-refractivity contribution in [3.63, 3.8) is 0 Å². The second kappa shape index (κ2) is 5.61. The average Bonchev–Trinajstić information content (AvgIpc) is 2.45. The smallest absolute Gasteiger partial charge is 0.192 e. The van der Waals surface area contributed by atoms with E-state index in [0.717, 1.165) is 11.6 Å². The minimum absolute atomic E-state index is 0.0297. The van der Waals surface area contributed by atoms with Gasteiger partial charge < -0.3 is 0 Å². The number of nitriles is 1. The van der Waals surface area contributed by atoms with Crippen LogP contribution in [0.15, 0.2) is 42.5 Å². The van der Waals surface area contributed by atoms with Crippen LogP contribution in [0.4, 0.5) is 13.2 Å². The minimum Gasteiger partial charge on any atom is -0.192 e. The zero-order valence-electron chi connectivity index (χ0n) is 11.7. The van der Waals surface area contributed by atoms with Gasteiger partial charge in [-0.3, -0.25) is 0 Å². The highest BCUT2D eigenvalue weighted by atomic mass is 19.4. The number of halogens is 3. The van der Waals surface area contributed by atoms with Gasteiger partial charge in [-0.25, -0.2) is 0 Å². The van der Waals surface area contributed by atoms with Gasteiger partial charge in [0, 0.05) is 5.56 Å². The molecule has 108 valence electrons. The molecule has 0 aromatic heterocycles. The zero-order chi connectivity index (χ0) is 15.6. The van der Waals surface area contributed by atoms with E-state index >= 15 is 0 Å². The first-order valence-corrected chi connectivity index (χ1v) is 6.55. The van der Waals surface area contributed by atoms with Crippen LogP contribution >= 0.6 is 0 Å². The maximum absolute atomic E-state index is 13.1. The van der Waals surface area contributed by atoms with E-state index in [1.165, 1.54) is 12.1 Å². The lowest BCUT2D eigenvalue weighted by atomic mass is 9.92. The van der Waals surface area contributed by atoms with Crippen molar-refractivity contribution in [2.24, 2.45) is 0 Å². The van der Waals surface area contributed by atoms with Crippen molar-refractivity contribution in [1.82, 2.24) is 0 Å². The zero-order valence-corrected chi connectivity index (χ0v) is 11.7. The third-order valence-corrected chi connectivity index (χ3v) is 3.36. The molecule has 1 nitrogen and oxygen atoms in total. The Morgan fingerprint density at radius 3 is 2.10 bits per heavy atom. The summed E-state index contributed by atoms with van der Waals surface area (Å²) < 4.78 is 39.4. The summed E-state index contributed by atoms with van der Waals surface area (Å²) in [5, 5.41) is 9.10. The minimum atomic E-state index is -4.49. The first-order valence-electron chi connectivity index (χ1n) is 6.55. The quantitative estimate of drug-likeness (QED) is 0.729. The van der Waals surface area contributed by atoms with Crippen LogP contribution in [0.5, 0.6) is 0 Å². The third kappa shape index (κ3) is 3.08. The molecule has 21 heavy (non-hydrogen) atoms. The first-order chi connectivity index (χ1) is 9.84. The molecule has 0 atom stereocenters. The third-order valence-electron chi connectivity index (χ3n) is 3.36. The lowest BCUT2D eigenvalue weighted by Crippen LogP contribution is -2.08. The van der Waals surface area contributed by atoms with Gasteiger partial charge in [0.2, 0.25) is 0 Å². The summed E-state index contributed by atoms with van der Waals surface area (Å²) in [6.07, 6.45) is -4.49. The van der Waals surface area contributed by atoms with Crippen molar-refractivity contribution in [2.75, 3.05) is 0 Å². The Bertz CT molecular complexity index is 677. The molecule has 0 saturated heterocycles. The van der Waals surface area contributed by atoms with E-state index in [-0.39, 0.29) is 11.1 Å². The molecule has 0 amide bonds. The maximum atomic E-state index is 13.1. The standard InChI is InChI=1S/C17H14F3N/c1-11(2)12-6-8-13(9-7-12)16-14(10-21)4-3-5-15(16)17(18,19)20/h3-9,11H,1-2H3. The van der Waals surface area contributed by atoms with Crippen molar-refractivity contribution >= 4 is 0 Å². The first kappa shape index (κ1) is 15.1. The topological polar surface area (TPSA) is 23.8 Å². The Balaban J connectivity index is 2.65. The molecular weight excluding hydrogens is 275 g/mol. The highest BCUT2D eigenvalue weighted by molar-refractivity contribution is 5.74. The number of rotatable bonds is 2. The molecule has 0 heterocycles. The molecule has 2 rings (SSSR count). The van der Waals surface area contributed by atoms with Crippen LogP contribution in [0, 0.1) is 11.3 Å². The summed E-state index contributed by atoms with van der Waals surface area (Å²) in [6, 6.07) is 12.4. The monoisotopic (exact) mass is 289 g/mol. The van der Waals surface area contributed by atoms with E-state index in [9.17, 15) is 13.2 Å². The molecule has 2 aromatic carbocycles. The van der Waals surface area contributed by atoms with Gasteiger partial charge in [-0.15, -0.1) is 0 Å². The Hall–Kier alpha value is -2.28. The summed E-state index contributed by atoms with van der Waals surface area (Å²) in [7, 11) is 0. The van der Waals surface area contributed by atoms with E-state index in [2.05, 4.69) is 0 Å². The molecule has 0 saturated carbocycles. The van der Waals surface area contributed by atoms with Gasteiger partial charge in [0.15, 0.2) is 0 Å². The van der Waals surface area contributed by atoms with Crippen LogP contribution < -0.4 is 0 Å². The second-order valence-electron chi connectivity index (χ2n) is 5.11. The molecule has 0 aliphatic carbocycles. The van der Waals surface area contributed by atoms with Gasteiger partial charge in [0.05, 0.1) is 17.2 Å². The number of benzene rings is 2. The Labute approximate surface area is 121 Å². The van der Waals surface area contributed by atoms with E-state index in [4.69, 9.17) is 5.26 Å². The number of alkyl halides is 3. The second-order valence-corrected chi connectivity index (χ2v) is 5.11. The summed E-state index contributed by atoms with van der Waals surface area (Å²) in [5.74, 6) is 0.298. The van der Waals surface area contributed by atoms with Crippen LogP contribution in [-0.4, -0.2) is 0 Å². The van der Waals surface area contributed by atoms with Gasteiger partial charge in [0.25, 0.3) is 0 Å². The number of nitrogens with zero attached hydrogens (tertiary/aromatic N) is 1. The van der Waals surface area contributed by atoms with Crippen LogP contribution in [0.2, 0.25) is 0 Å². The van der Waals surface area contributed by atoms with Crippen molar-refractivity contribution in [3.05, 3.63) is 59.2 Å². The molecule has 2 aromatic rings. The summed E-state index contributed by atoms with van der Waals surface area (Å²) in [5.41, 5.74) is 0.648. The van der Waals surface area contributed by atoms with Gasteiger partial charge >= 0.3 is 6.18 Å². The SMILES string of the molecule is CC(C)c1ccc(-c2c(C#N)cccc2C(F)(F)F)cc1. The number of hydrogen-bond donors (Lipinski definition) is 0. The van der Waals surface area contributed by atoms with E-state index in [1.807, 2.05) is 19.9 Å². The molecule has 0 bridgehead atoms. The molecule has 0 aliphatic heterocycles. The summed E-state index contributed by atoms with van der Waals surface area (Å²) in [4.78, 5) is 0.